The van der Waals surface area contributed by atoms with Gasteiger partial charge in [0.25, 0.3) is 0 Å². The minimum Gasteiger partial charge on any atom is -0.363 e. The zero-order chi connectivity index (χ0) is 37.7. The normalized spacial score (nSPS) is 14.5. The molecule has 1 aliphatic carbocycles. The van der Waals surface area contributed by atoms with E-state index < -0.39 is 0 Å². The Morgan fingerprint density at radius 2 is 0.944 bits per heavy atom. The van der Waals surface area contributed by atoms with Crippen molar-refractivity contribution in [2.45, 2.75) is 91.1 Å². The fourth-order valence-electron chi connectivity index (χ4n) is 8.17. The van der Waals surface area contributed by atoms with E-state index in [4.69, 9.17) is 0 Å². The number of nitrogens with zero attached hydrogens (tertiary/aromatic N) is 2. The number of halogens is 2. The standard InChI is InChI=1S/C50H52Br2N2/c1-5-6-7-8-9-10-31-50(4)48-32-39(35-53(42-24-18-40(51)19-25-42)34-38-15-11-36(2)12-16-38)17-29-46(48)47-30-28-45(33-49(47)50)54(43-22-13-37(3)14-23-43)44-26-20-41(52)21-27-44/h11-30,32-33H,5-10,31,34-35H2,1-4H3. The molecule has 0 amide bonds. The lowest BCUT2D eigenvalue weighted by Crippen LogP contribution is -2.24. The third kappa shape index (κ3) is 8.56. The Bertz CT molecular complexity index is 2110. The summed E-state index contributed by atoms with van der Waals surface area (Å²) in [6.07, 6.45) is 8.89. The number of hydrogen-bond donors (Lipinski definition) is 0. The van der Waals surface area contributed by atoms with Gasteiger partial charge in [0.05, 0.1) is 0 Å². The number of hydrogen-bond acceptors (Lipinski definition) is 2. The molecule has 1 atom stereocenters. The first-order valence-corrected chi connectivity index (χ1v) is 21.3. The van der Waals surface area contributed by atoms with E-state index in [-0.39, 0.29) is 5.41 Å². The van der Waals surface area contributed by atoms with Gasteiger partial charge in [0.15, 0.2) is 0 Å². The zero-order valence-electron chi connectivity index (χ0n) is 32.2. The van der Waals surface area contributed by atoms with Crippen molar-refractivity contribution in [1.82, 2.24) is 0 Å². The number of unbranched alkanes of at least 4 members (excludes halogenated alkanes) is 5. The van der Waals surface area contributed by atoms with Gasteiger partial charge in [0.2, 0.25) is 0 Å². The lowest BCUT2D eigenvalue weighted by molar-refractivity contribution is 0.480. The van der Waals surface area contributed by atoms with Crippen LogP contribution >= 0.6 is 31.9 Å². The van der Waals surface area contributed by atoms with Gasteiger partial charge in [-0.1, -0.05) is 156 Å². The number of aryl methyl sites for hydroxylation is 2. The predicted octanol–water partition coefficient (Wildman–Crippen LogP) is 15.5. The highest BCUT2D eigenvalue weighted by atomic mass is 79.9. The third-order valence-corrected chi connectivity index (χ3v) is 12.3. The Labute approximate surface area is 340 Å². The van der Waals surface area contributed by atoms with E-state index in [0.717, 1.165) is 34.1 Å². The molecule has 4 heteroatoms. The van der Waals surface area contributed by atoms with Crippen molar-refractivity contribution < 1.29 is 0 Å². The third-order valence-electron chi connectivity index (χ3n) is 11.3. The molecule has 1 unspecified atom stereocenters. The number of anilines is 4. The molecule has 2 nitrogen and oxygen atoms in total. The van der Waals surface area contributed by atoms with E-state index in [1.165, 1.54) is 100 Å². The molecule has 0 fully saturated rings. The first-order valence-electron chi connectivity index (χ1n) is 19.7. The molecule has 0 heterocycles. The molecule has 0 saturated heterocycles. The molecule has 1 aliphatic rings. The highest BCUT2D eigenvalue weighted by molar-refractivity contribution is 9.10. The molecular weight excluding hydrogens is 788 g/mol. The summed E-state index contributed by atoms with van der Waals surface area (Å²) in [5.74, 6) is 0. The van der Waals surface area contributed by atoms with Gasteiger partial charge >= 0.3 is 0 Å². The summed E-state index contributed by atoms with van der Waals surface area (Å²) in [6.45, 7) is 10.8. The Morgan fingerprint density at radius 3 is 1.57 bits per heavy atom. The Kier molecular flexibility index (Phi) is 12.1. The summed E-state index contributed by atoms with van der Waals surface area (Å²) in [6, 6.07) is 49.9. The smallest absolute Gasteiger partial charge is 0.0465 e. The maximum Gasteiger partial charge on any atom is 0.0465 e. The summed E-state index contributed by atoms with van der Waals surface area (Å²) in [7, 11) is 0. The van der Waals surface area contributed by atoms with Crippen LogP contribution in [0.1, 0.15) is 92.2 Å². The second kappa shape index (κ2) is 17.1. The molecule has 6 aromatic carbocycles. The van der Waals surface area contributed by atoms with Crippen LogP contribution in [0, 0.1) is 13.8 Å². The fraction of sp³-hybridized carbons (Fsp3) is 0.280. The van der Waals surface area contributed by atoms with Crippen LogP contribution in [0.15, 0.2) is 142 Å². The Balaban J connectivity index is 1.27. The van der Waals surface area contributed by atoms with Gasteiger partial charge in [-0.25, -0.2) is 0 Å². The van der Waals surface area contributed by atoms with Gasteiger partial charge < -0.3 is 9.80 Å². The maximum atomic E-state index is 3.66. The van der Waals surface area contributed by atoms with E-state index in [1.807, 2.05) is 0 Å². The average molecular weight is 841 g/mol. The number of fused-ring (bicyclic) bond motifs is 3. The summed E-state index contributed by atoms with van der Waals surface area (Å²) in [5.41, 5.74) is 15.5. The van der Waals surface area contributed by atoms with Crippen molar-refractivity contribution in [2.24, 2.45) is 0 Å². The first kappa shape index (κ1) is 38.2. The highest BCUT2D eigenvalue weighted by Crippen LogP contribution is 2.53. The molecule has 0 saturated carbocycles. The van der Waals surface area contributed by atoms with Gasteiger partial charge in [0.1, 0.15) is 0 Å². The van der Waals surface area contributed by atoms with Gasteiger partial charge in [-0.3, -0.25) is 0 Å². The molecule has 0 aliphatic heterocycles. The maximum absolute atomic E-state index is 3.66. The Hall–Kier alpha value is -4.12. The molecule has 7 rings (SSSR count). The largest absolute Gasteiger partial charge is 0.363 e. The molecule has 276 valence electrons. The first-order chi connectivity index (χ1) is 26.2. The molecule has 6 aromatic rings. The van der Waals surface area contributed by atoms with E-state index >= 15 is 0 Å². The minimum absolute atomic E-state index is 0.0977. The van der Waals surface area contributed by atoms with Gasteiger partial charge in [-0.15, -0.1) is 0 Å². The van der Waals surface area contributed by atoms with Gasteiger partial charge in [-0.05, 0) is 126 Å². The molecule has 0 aromatic heterocycles. The average Bonchev–Trinajstić information content (AvgIpc) is 3.42. The summed E-state index contributed by atoms with van der Waals surface area (Å²) < 4.78 is 2.18. The van der Waals surface area contributed by atoms with Crippen molar-refractivity contribution in [3.8, 4) is 11.1 Å². The topological polar surface area (TPSA) is 6.48 Å². The second-order valence-electron chi connectivity index (χ2n) is 15.4. The van der Waals surface area contributed by atoms with Crippen molar-refractivity contribution in [1.29, 1.82) is 0 Å². The van der Waals surface area contributed by atoms with E-state index in [2.05, 4.69) is 203 Å². The monoisotopic (exact) mass is 838 g/mol. The predicted molar refractivity (Wildman–Crippen MR) is 239 cm³/mol. The zero-order valence-corrected chi connectivity index (χ0v) is 35.4. The summed E-state index contributed by atoms with van der Waals surface area (Å²) in [4.78, 5) is 4.93. The lowest BCUT2D eigenvalue weighted by atomic mass is 9.75. The molecule has 54 heavy (non-hydrogen) atoms. The minimum atomic E-state index is -0.0977. The van der Waals surface area contributed by atoms with E-state index in [0.29, 0.717) is 0 Å². The quantitative estimate of drug-likeness (QED) is 0.0951. The van der Waals surface area contributed by atoms with Crippen LogP contribution in [-0.2, 0) is 18.5 Å². The molecule has 0 N–H and O–H groups in total. The highest BCUT2D eigenvalue weighted by Gasteiger charge is 2.39. The number of rotatable bonds is 15. The van der Waals surface area contributed by atoms with Crippen LogP contribution in [0.3, 0.4) is 0 Å². The van der Waals surface area contributed by atoms with Crippen LogP contribution in [0.2, 0.25) is 0 Å². The van der Waals surface area contributed by atoms with Crippen LogP contribution in [0.5, 0.6) is 0 Å². The number of benzene rings is 6. The van der Waals surface area contributed by atoms with Crippen molar-refractivity contribution in [2.75, 3.05) is 9.80 Å². The van der Waals surface area contributed by atoms with Crippen LogP contribution in [0.25, 0.3) is 11.1 Å². The second-order valence-corrected chi connectivity index (χ2v) is 17.3. The molecular formula is C50H52Br2N2. The Morgan fingerprint density at radius 1 is 0.481 bits per heavy atom. The molecule has 0 spiro atoms. The van der Waals surface area contributed by atoms with Crippen LogP contribution < -0.4 is 9.80 Å². The molecule has 0 bridgehead atoms. The van der Waals surface area contributed by atoms with Crippen molar-refractivity contribution in [3.05, 3.63) is 176 Å². The SMILES string of the molecule is CCCCCCCCC1(C)c2cc(CN(Cc3ccc(C)cc3)c3ccc(Br)cc3)ccc2-c2ccc(N(c3ccc(C)cc3)c3ccc(Br)cc3)cc21. The van der Waals surface area contributed by atoms with E-state index in [1.54, 1.807) is 0 Å². The van der Waals surface area contributed by atoms with Crippen LogP contribution in [-0.4, -0.2) is 0 Å². The van der Waals surface area contributed by atoms with Crippen LogP contribution in [0.4, 0.5) is 22.7 Å². The van der Waals surface area contributed by atoms with Crippen molar-refractivity contribution in [3.63, 3.8) is 0 Å². The van der Waals surface area contributed by atoms with Gasteiger partial charge in [-0.2, -0.15) is 0 Å². The van der Waals surface area contributed by atoms with Crippen molar-refractivity contribution >= 4 is 54.6 Å². The van der Waals surface area contributed by atoms with Gasteiger partial charge in [0, 0.05) is 50.2 Å². The fourth-order valence-corrected chi connectivity index (χ4v) is 8.70. The summed E-state index contributed by atoms with van der Waals surface area (Å²) >= 11 is 7.32. The lowest BCUT2D eigenvalue weighted by Gasteiger charge is -2.31. The van der Waals surface area contributed by atoms with E-state index in [9.17, 15) is 0 Å². The summed E-state index contributed by atoms with van der Waals surface area (Å²) in [5, 5.41) is 0. The molecule has 0 radical (unpaired) electrons.